The van der Waals surface area contributed by atoms with Gasteiger partial charge in [-0.3, -0.25) is 4.79 Å². The minimum atomic E-state index is -0.712. The van der Waals surface area contributed by atoms with Crippen LogP contribution in [0.5, 0.6) is 5.75 Å². The standard InChI is InChI=1S/C14H14FN3O2/c1-20-9-4-2-3-8(5-9)18-13-6-10(14(17)19)12(16)7-11(13)15/h2-7,18H,16H2,1H3,(H2,17,19). The third-order valence-electron chi connectivity index (χ3n) is 2.75. The molecule has 0 heterocycles. The predicted octanol–water partition coefficient (Wildman–Crippen LogP) is 2.26. The second kappa shape index (κ2) is 5.48. The Balaban J connectivity index is 2.37. The molecule has 0 saturated heterocycles. The van der Waals surface area contributed by atoms with E-state index in [2.05, 4.69) is 5.32 Å². The number of nitrogens with one attached hydrogen (secondary N) is 1. The molecule has 0 aliphatic carbocycles. The van der Waals surface area contributed by atoms with E-state index in [4.69, 9.17) is 16.2 Å². The molecule has 20 heavy (non-hydrogen) atoms. The highest BCUT2D eigenvalue weighted by molar-refractivity contribution is 5.99. The Kier molecular flexibility index (Phi) is 3.74. The number of rotatable bonds is 4. The van der Waals surface area contributed by atoms with Gasteiger partial charge in [0.1, 0.15) is 11.6 Å². The van der Waals surface area contributed by atoms with Crippen molar-refractivity contribution in [1.29, 1.82) is 0 Å². The maximum Gasteiger partial charge on any atom is 0.250 e. The molecule has 0 aliphatic heterocycles. The third-order valence-corrected chi connectivity index (χ3v) is 2.75. The fourth-order valence-electron chi connectivity index (χ4n) is 1.75. The van der Waals surface area contributed by atoms with Crippen molar-refractivity contribution in [3.05, 3.63) is 47.8 Å². The number of carbonyl (C=O) groups excluding carboxylic acids is 1. The summed E-state index contributed by atoms with van der Waals surface area (Å²) in [6, 6.07) is 9.29. The van der Waals surface area contributed by atoms with E-state index in [0.29, 0.717) is 11.4 Å². The number of anilines is 3. The number of amides is 1. The first kappa shape index (κ1) is 13.7. The molecule has 0 atom stereocenters. The van der Waals surface area contributed by atoms with Crippen molar-refractivity contribution >= 4 is 23.0 Å². The van der Waals surface area contributed by atoms with Crippen LogP contribution in [-0.4, -0.2) is 13.0 Å². The average Bonchev–Trinajstić information content (AvgIpc) is 2.41. The Labute approximate surface area is 115 Å². The lowest BCUT2D eigenvalue weighted by Crippen LogP contribution is -2.14. The summed E-state index contributed by atoms with van der Waals surface area (Å²) in [7, 11) is 1.54. The van der Waals surface area contributed by atoms with Crippen LogP contribution in [0.2, 0.25) is 0 Å². The number of hydrogen-bond donors (Lipinski definition) is 3. The van der Waals surface area contributed by atoms with Crippen molar-refractivity contribution in [3.63, 3.8) is 0 Å². The van der Waals surface area contributed by atoms with Gasteiger partial charge < -0.3 is 21.5 Å². The Morgan fingerprint density at radius 3 is 2.70 bits per heavy atom. The minimum absolute atomic E-state index is 0.00573. The number of nitrogen functional groups attached to an aromatic ring is 1. The SMILES string of the molecule is COc1cccc(Nc2cc(C(N)=O)c(N)cc2F)c1. The van der Waals surface area contributed by atoms with Crippen LogP contribution >= 0.6 is 0 Å². The topological polar surface area (TPSA) is 90.4 Å². The summed E-state index contributed by atoms with van der Waals surface area (Å²) in [5, 5.41) is 2.85. The molecule has 104 valence electrons. The van der Waals surface area contributed by atoms with Gasteiger partial charge in [0.25, 0.3) is 5.91 Å². The van der Waals surface area contributed by atoms with Crippen molar-refractivity contribution in [2.45, 2.75) is 0 Å². The fraction of sp³-hybridized carbons (Fsp3) is 0.0714. The molecule has 1 amide bonds. The van der Waals surface area contributed by atoms with Gasteiger partial charge in [-0.1, -0.05) is 6.07 Å². The molecule has 0 aromatic heterocycles. The molecule has 0 unspecified atom stereocenters. The molecule has 6 heteroatoms. The largest absolute Gasteiger partial charge is 0.497 e. The molecule has 5 nitrogen and oxygen atoms in total. The van der Waals surface area contributed by atoms with Crippen LogP contribution in [0.25, 0.3) is 0 Å². The summed E-state index contributed by atoms with van der Waals surface area (Å²) >= 11 is 0. The monoisotopic (exact) mass is 275 g/mol. The van der Waals surface area contributed by atoms with Crippen molar-refractivity contribution in [2.75, 3.05) is 18.2 Å². The molecule has 0 fully saturated rings. The Morgan fingerprint density at radius 1 is 1.30 bits per heavy atom. The number of hydrogen-bond acceptors (Lipinski definition) is 4. The van der Waals surface area contributed by atoms with Crippen molar-refractivity contribution in [2.24, 2.45) is 5.73 Å². The second-order valence-corrected chi connectivity index (χ2v) is 4.14. The van der Waals surface area contributed by atoms with E-state index >= 15 is 0 Å². The van der Waals surface area contributed by atoms with Crippen molar-refractivity contribution in [3.8, 4) is 5.75 Å². The summed E-state index contributed by atoms with van der Waals surface area (Å²) in [5.74, 6) is -0.660. The van der Waals surface area contributed by atoms with Gasteiger partial charge in [-0.15, -0.1) is 0 Å². The van der Waals surface area contributed by atoms with Gasteiger partial charge in [-0.25, -0.2) is 4.39 Å². The zero-order valence-corrected chi connectivity index (χ0v) is 10.8. The molecule has 0 spiro atoms. The maximum atomic E-state index is 13.8. The van der Waals surface area contributed by atoms with E-state index in [1.165, 1.54) is 13.2 Å². The smallest absolute Gasteiger partial charge is 0.250 e. The van der Waals surface area contributed by atoms with Crippen LogP contribution < -0.4 is 21.5 Å². The van der Waals surface area contributed by atoms with Gasteiger partial charge >= 0.3 is 0 Å². The van der Waals surface area contributed by atoms with Crippen LogP contribution in [0.4, 0.5) is 21.5 Å². The summed E-state index contributed by atoms with van der Waals surface area (Å²) in [4.78, 5) is 11.2. The van der Waals surface area contributed by atoms with Gasteiger partial charge in [-0.05, 0) is 24.3 Å². The number of halogens is 1. The lowest BCUT2D eigenvalue weighted by molar-refractivity contribution is 0.100. The number of methoxy groups -OCH3 is 1. The first-order valence-corrected chi connectivity index (χ1v) is 5.81. The molecule has 5 N–H and O–H groups in total. The van der Waals surface area contributed by atoms with Crippen molar-refractivity contribution < 1.29 is 13.9 Å². The predicted molar refractivity (Wildman–Crippen MR) is 75.6 cm³/mol. The molecule has 0 saturated carbocycles. The molecular formula is C14H14FN3O2. The number of ether oxygens (including phenoxy) is 1. The summed E-state index contributed by atoms with van der Waals surface area (Å²) in [6.07, 6.45) is 0. The lowest BCUT2D eigenvalue weighted by Gasteiger charge is -2.11. The van der Waals surface area contributed by atoms with E-state index in [1.807, 2.05) is 0 Å². The number of benzene rings is 2. The molecule has 2 aromatic rings. The Morgan fingerprint density at radius 2 is 2.05 bits per heavy atom. The summed E-state index contributed by atoms with van der Waals surface area (Å²) in [5.41, 5.74) is 11.5. The van der Waals surface area contributed by atoms with E-state index in [0.717, 1.165) is 6.07 Å². The van der Waals surface area contributed by atoms with Crippen LogP contribution in [0.15, 0.2) is 36.4 Å². The van der Waals surface area contributed by atoms with E-state index in [-0.39, 0.29) is 16.9 Å². The first-order valence-electron chi connectivity index (χ1n) is 5.81. The molecule has 2 aromatic carbocycles. The van der Waals surface area contributed by atoms with Gasteiger partial charge in [0.2, 0.25) is 0 Å². The molecule has 0 radical (unpaired) electrons. The first-order chi connectivity index (χ1) is 9.51. The minimum Gasteiger partial charge on any atom is -0.497 e. The number of nitrogens with two attached hydrogens (primary N) is 2. The second-order valence-electron chi connectivity index (χ2n) is 4.14. The van der Waals surface area contributed by atoms with E-state index in [1.54, 1.807) is 24.3 Å². The maximum absolute atomic E-state index is 13.8. The average molecular weight is 275 g/mol. The number of carbonyl (C=O) groups is 1. The zero-order chi connectivity index (χ0) is 14.7. The van der Waals surface area contributed by atoms with Gasteiger partial charge in [0, 0.05) is 17.4 Å². The van der Waals surface area contributed by atoms with Gasteiger partial charge in [0.05, 0.1) is 18.4 Å². The Bertz CT molecular complexity index is 659. The number of primary amides is 1. The van der Waals surface area contributed by atoms with Crippen LogP contribution in [-0.2, 0) is 0 Å². The third kappa shape index (κ3) is 2.80. The summed E-state index contributed by atoms with van der Waals surface area (Å²) < 4.78 is 18.9. The van der Waals surface area contributed by atoms with Crippen LogP contribution in [0, 0.1) is 5.82 Å². The summed E-state index contributed by atoms with van der Waals surface area (Å²) in [6.45, 7) is 0. The molecular weight excluding hydrogens is 261 g/mol. The van der Waals surface area contributed by atoms with Gasteiger partial charge in [-0.2, -0.15) is 0 Å². The zero-order valence-electron chi connectivity index (χ0n) is 10.8. The lowest BCUT2D eigenvalue weighted by atomic mass is 10.1. The van der Waals surface area contributed by atoms with Crippen LogP contribution in [0.1, 0.15) is 10.4 Å². The highest BCUT2D eigenvalue weighted by atomic mass is 19.1. The Hall–Kier alpha value is -2.76. The molecule has 2 rings (SSSR count). The quantitative estimate of drug-likeness (QED) is 0.746. The molecule has 0 bridgehead atoms. The fourth-order valence-corrected chi connectivity index (χ4v) is 1.75. The van der Waals surface area contributed by atoms with E-state index < -0.39 is 11.7 Å². The van der Waals surface area contributed by atoms with Crippen molar-refractivity contribution in [1.82, 2.24) is 0 Å². The van der Waals surface area contributed by atoms with E-state index in [9.17, 15) is 9.18 Å². The molecule has 0 aliphatic rings. The van der Waals surface area contributed by atoms with Crippen LogP contribution in [0.3, 0.4) is 0 Å². The van der Waals surface area contributed by atoms with Gasteiger partial charge in [0.15, 0.2) is 0 Å². The highest BCUT2D eigenvalue weighted by Crippen LogP contribution is 2.26. The highest BCUT2D eigenvalue weighted by Gasteiger charge is 2.12. The normalized spacial score (nSPS) is 10.1.